The number of rotatable bonds is 2. The highest BCUT2D eigenvalue weighted by atomic mass is 35.5. The van der Waals surface area contributed by atoms with Gasteiger partial charge in [0.2, 0.25) is 0 Å². The fraction of sp³-hybridized carbons (Fsp3) is 0.250. The lowest BCUT2D eigenvalue weighted by Gasteiger charge is -2.29. The molecule has 0 saturated heterocycles. The van der Waals surface area contributed by atoms with Gasteiger partial charge in [0.15, 0.2) is 6.61 Å². The number of anilines is 2. The predicted octanol–water partition coefficient (Wildman–Crippen LogP) is 2.14. The molecule has 0 unspecified atom stereocenters. The Morgan fingerprint density at radius 2 is 2.41 bits per heavy atom. The SMILES string of the molecule is C/C(=C/Cl)CN1C(=O)COc2ccc(N)cc21. The van der Waals surface area contributed by atoms with Gasteiger partial charge in [0, 0.05) is 17.8 Å². The Morgan fingerprint density at radius 1 is 1.65 bits per heavy atom. The lowest BCUT2D eigenvalue weighted by atomic mass is 10.2. The molecule has 0 radical (unpaired) electrons. The fourth-order valence-electron chi connectivity index (χ4n) is 1.68. The summed E-state index contributed by atoms with van der Waals surface area (Å²) in [6, 6.07) is 5.24. The van der Waals surface area contributed by atoms with E-state index in [1.165, 1.54) is 5.54 Å². The molecule has 2 rings (SSSR count). The van der Waals surface area contributed by atoms with Crippen LogP contribution in [-0.4, -0.2) is 19.1 Å². The lowest BCUT2D eigenvalue weighted by Crippen LogP contribution is -2.39. The van der Waals surface area contributed by atoms with Gasteiger partial charge in [0.1, 0.15) is 5.75 Å². The lowest BCUT2D eigenvalue weighted by molar-refractivity contribution is -0.121. The zero-order valence-corrected chi connectivity index (χ0v) is 10.2. The summed E-state index contributed by atoms with van der Waals surface area (Å²) in [6.07, 6.45) is 0. The Kier molecular flexibility index (Phi) is 3.24. The van der Waals surface area contributed by atoms with E-state index in [1.54, 1.807) is 23.1 Å². The number of hydrogen-bond donors (Lipinski definition) is 1. The van der Waals surface area contributed by atoms with Crippen LogP contribution >= 0.6 is 11.6 Å². The van der Waals surface area contributed by atoms with Crippen LogP contribution in [0.5, 0.6) is 5.75 Å². The van der Waals surface area contributed by atoms with E-state index < -0.39 is 0 Å². The number of nitrogens with two attached hydrogens (primary N) is 1. The van der Waals surface area contributed by atoms with Gasteiger partial charge in [-0.25, -0.2) is 0 Å². The van der Waals surface area contributed by atoms with Crippen molar-refractivity contribution in [1.29, 1.82) is 0 Å². The molecule has 1 aromatic rings. The van der Waals surface area contributed by atoms with E-state index in [4.69, 9.17) is 22.1 Å². The number of hydrogen-bond acceptors (Lipinski definition) is 3. The van der Waals surface area contributed by atoms with E-state index >= 15 is 0 Å². The van der Waals surface area contributed by atoms with Gasteiger partial charge >= 0.3 is 0 Å². The van der Waals surface area contributed by atoms with Crippen molar-refractivity contribution in [2.45, 2.75) is 6.92 Å². The molecular weight excluding hydrogens is 240 g/mol. The van der Waals surface area contributed by atoms with Crippen molar-refractivity contribution in [3.8, 4) is 5.75 Å². The first kappa shape index (κ1) is 11.8. The molecule has 1 aliphatic rings. The molecule has 0 bridgehead atoms. The monoisotopic (exact) mass is 252 g/mol. The Balaban J connectivity index is 2.38. The molecule has 0 saturated carbocycles. The molecule has 1 heterocycles. The smallest absolute Gasteiger partial charge is 0.265 e. The second-order valence-electron chi connectivity index (χ2n) is 3.95. The zero-order chi connectivity index (χ0) is 12.4. The Labute approximate surface area is 105 Å². The quantitative estimate of drug-likeness (QED) is 0.821. The van der Waals surface area contributed by atoms with Crippen molar-refractivity contribution in [1.82, 2.24) is 0 Å². The predicted molar refractivity (Wildman–Crippen MR) is 68.3 cm³/mol. The van der Waals surface area contributed by atoms with Crippen LogP contribution in [0.4, 0.5) is 11.4 Å². The second kappa shape index (κ2) is 4.67. The van der Waals surface area contributed by atoms with Gasteiger partial charge in [-0.2, -0.15) is 0 Å². The molecule has 0 aromatic heterocycles. The minimum absolute atomic E-state index is 0.0481. The standard InChI is InChI=1S/C12H13ClN2O2/c1-8(5-13)6-15-10-4-9(14)2-3-11(10)17-7-12(15)16/h2-5H,6-7,14H2,1H3/b8-5-. The Bertz CT molecular complexity index is 485. The Morgan fingerprint density at radius 3 is 3.12 bits per heavy atom. The summed E-state index contributed by atoms with van der Waals surface area (Å²) in [5, 5.41) is 0. The molecule has 0 atom stereocenters. The molecule has 90 valence electrons. The molecule has 5 heteroatoms. The molecule has 0 fully saturated rings. The largest absolute Gasteiger partial charge is 0.482 e. The van der Waals surface area contributed by atoms with Crippen molar-refractivity contribution in [3.05, 3.63) is 29.3 Å². The minimum Gasteiger partial charge on any atom is -0.482 e. The average molecular weight is 253 g/mol. The van der Waals surface area contributed by atoms with Crippen molar-refractivity contribution in [3.63, 3.8) is 0 Å². The van der Waals surface area contributed by atoms with Crippen LogP contribution in [-0.2, 0) is 4.79 Å². The topological polar surface area (TPSA) is 55.6 Å². The molecule has 0 spiro atoms. The first-order valence-corrected chi connectivity index (χ1v) is 5.64. The molecule has 17 heavy (non-hydrogen) atoms. The van der Waals surface area contributed by atoms with Crippen LogP contribution in [0.3, 0.4) is 0 Å². The van der Waals surface area contributed by atoms with E-state index in [9.17, 15) is 4.79 Å². The molecular formula is C12H13ClN2O2. The number of amides is 1. The number of nitrogens with zero attached hydrogens (tertiary/aromatic N) is 1. The van der Waals surface area contributed by atoms with Gasteiger partial charge in [-0.05, 0) is 30.7 Å². The first-order chi connectivity index (χ1) is 8.11. The van der Waals surface area contributed by atoms with E-state index in [1.807, 2.05) is 6.92 Å². The normalized spacial score (nSPS) is 15.5. The van der Waals surface area contributed by atoms with E-state index in [0.29, 0.717) is 23.7 Å². The molecule has 1 amide bonds. The number of benzene rings is 1. The molecule has 1 aliphatic heterocycles. The van der Waals surface area contributed by atoms with Crippen molar-refractivity contribution < 1.29 is 9.53 Å². The highest BCUT2D eigenvalue weighted by molar-refractivity contribution is 6.25. The third kappa shape index (κ3) is 2.36. The summed E-state index contributed by atoms with van der Waals surface area (Å²) in [6.45, 7) is 2.36. The third-order valence-corrected chi connectivity index (χ3v) is 2.89. The summed E-state index contributed by atoms with van der Waals surface area (Å²) in [5.74, 6) is 0.571. The zero-order valence-electron chi connectivity index (χ0n) is 9.44. The van der Waals surface area contributed by atoms with E-state index in [0.717, 1.165) is 5.57 Å². The summed E-state index contributed by atoms with van der Waals surface area (Å²) in [7, 11) is 0. The summed E-state index contributed by atoms with van der Waals surface area (Å²) < 4.78 is 5.34. The Hall–Kier alpha value is -1.68. The maximum Gasteiger partial charge on any atom is 0.265 e. The molecule has 0 aliphatic carbocycles. The van der Waals surface area contributed by atoms with E-state index in [-0.39, 0.29) is 12.5 Å². The minimum atomic E-state index is -0.0963. The van der Waals surface area contributed by atoms with Crippen LogP contribution in [0, 0.1) is 0 Å². The van der Waals surface area contributed by atoms with Gasteiger partial charge in [-0.1, -0.05) is 11.6 Å². The van der Waals surface area contributed by atoms with Crippen LogP contribution in [0.2, 0.25) is 0 Å². The van der Waals surface area contributed by atoms with Gasteiger partial charge < -0.3 is 15.4 Å². The highest BCUT2D eigenvalue weighted by Gasteiger charge is 2.25. The number of ether oxygens (including phenoxy) is 1. The number of nitrogen functional groups attached to an aromatic ring is 1. The second-order valence-corrected chi connectivity index (χ2v) is 4.17. The van der Waals surface area contributed by atoms with Crippen LogP contribution in [0.1, 0.15) is 6.92 Å². The number of fused-ring (bicyclic) bond motifs is 1. The van der Waals surface area contributed by atoms with Gasteiger partial charge in [0.25, 0.3) is 5.91 Å². The number of carbonyl (C=O) groups excluding carboxylic acids is 1. The number of halogens is 1. The van der Waals surface area contributed by atoms with Gasteiger partial charge in [-0.15, -0.1) is 0 Å². The maximum atomic E-state index is 11.8. The first-order valence-electron chi connectivity index (χ1n) is 5.20. The summed E-state index contributed by atoms with van der Waals surface area (Å²) in [4.78, 5) is 13.4. The molecule has 4 nitrogen and oxygen atoms in total. The molecule has 2 N–H and O–H groups in total. The van der Waals surface area contributed by atoms with Crippen LogP contribution in [0.25, 0.3) is 0 Å². The van der Waals surface area contributed by atoms with Crippen LogP contribution in [0.15, 0.2) is 29.3 Å². The van der Waals surface area contributed by atoms with Crippen molar-refractivity contribution in [2.24, 2.45) is 0 Å². The van der Waals surface area contributed by atoms with E-state index in [2.05, 4.69) is 0 Å². The number of carbonyl (C=O) groups is 1. The summed E-state index contributed by atoms with van der Waals surface area (Å²) >= 11 is 5.62. The van der Waals surface area contributed by atoms with Crippen molar-refractivity contribution >= 4 is 28.9 Å². The third-order valence-electron chi connectivity index (χ3n) is 2.52. The van der Waals surface area contributed by atoms with Gasteiger partial charge in [0.05, 0.1) is 5.69 Å². The molecule has 1 aromatic carbocycles. The van der Waals surface area contributed by atoms with Crippen molar-refractivity contribution in [2.75, 3.05) is 23.8 Å². The highest BCUT2D eigenvalue weighted by Crippen LogP contribution is 2.34. The average Bonchev–Trinajstić information content (AvgIpc) is 2.32. The fourth-order valence-corrected chi connectivity index (χ4v) is 1.75. The van der Waals surface area contributed by atoms with Crippen LogP contribution < -0.4 is 15.4 Å². The van der Waals surface area contributed by atoms with Gasteiger partial charge in [-0.3, -0.25) is 4.79 Å². The maximum absolute atomic E-state index is 11.8. The summed E-state index contributed by atoms with van der Waals surface area (Å²) in [5.41, 5.74) is 9.37.